The van der Waals surface area contributed by atoms with Crippen molar-refractivity contribution in [3.8, 4) is 0 Å². The monoisotopic (exact) mass is 280 g/mol. The van der Waals surface area contributed by atoms with E-state index >= 15 is 0 Å². The number of anilines is 1. The molecule has 3 aromatic rings. The van der Waals surface area contributed by atoms with Crippen LogP contribution in [0.5, 0.6) is 0 Å². The third kappa shape index (κ3) is 2.48. The van der Waals surface area contributed by atoms with Crippen molar-refractivity contribution in [1.82, 2.24) is 4.98 Å². The normalized spacial score (nSPS) is 10.6. The molecule has 0 radical (unpaired) electrons. The maximum absolute atomic E-state index is 14.0. The predicted molar refractivity (Wildman–Crippen MR) is 80.8 cm³/mol. The number of fused-ring (bicyclic) bond motifs is 1. The van der Waals surface area contributed by atoms with Crippen LogP contribution in [0.2, 0.25) is 0 Å². The lowest BCUT2D eigenvalue weighted by Gasteiger charge is -2.09. The first-order valence-corrected chi connectivity index (χ1v) is 6.56. The molecule has 1 aromatic heterocycles. The zero-order valence-electron chi connectivity index (χ0n) is 11.4. The van der Waals surface area contributed by atoms with Crippen LogP contribution in [0.15, 0.2) is 54.9 Å². The molecule has 4 heteroatoms. The van der Waals surface area contributed by atoms with Crippen LogP contribution in [0.4, 0.5) is 10.1 Å². The van der Waals surface area contributed by atoms with Gasteiger partial charge in [-0.05, 0) is 30.7 Å². The molecular weight excluding hydrogens is 267 g/mol. The van der Waals surface area contributed by atoms with Gasteiger partial charge >= 0.3 is 0 Å². The van der Waals surface area contributed by atoms with E-state index in [2.05, 4.69) is 10.3 Å². The molecule has 3 rings (SSSR count). The first-order valence-electron chi connectivity index (χ1n) is 6.56. The number of benzene rings is 2. The lowest BCUT2D eigenvalue weighted by Crippen LogP contribution is -2.14. The Bertz CT molecular complexity index is 825. The molecule has 0 aliphatic carbocycles. The van der Waals surface area contributed by atoms with Crippen LogP contribution < -0.4 is 5.32 Å². The highest BCUT2D eigenvalue weighted by atomic mass is 19.1. The zero-order valence-corrected chi connectivity index (χ0v) is 11.4. The Hall–Kier alpha value is -2.75. The maximum Gasteiger partial charge on any atom is 0.258 e. The second-order valence-corrected chi connectivity index (χ2v) is 4.79. The highest BCUT2D eigenvalue weighted by Crippen LogP contribution is 2.23. The quantitative estimate of drug-likeness (QED) is 0.772. The van der Waals surface area contributed by atoms with Crippen molar-refractivity contribution in [2.24, 2.45) is 0 Å². The number of hydrogen-bond donors (Lipinski definition) is 1. The summed E-state index contributed by atoms with van der Waals surface area (Å²) in [5.74, 6) is -0.947. The minimum Gasteiger partial charge on any atom is -0.321 e. The Morgan fingerprint density at radius 2 is 1.95 bits per heavy atom. The highest BCUT2D eigenvalue weighted by molar-refractivity contribution is 6.09. The summed E-state index contributed by atoms with van der Waals surface area (Å²) >= 11 is 0. The van der Waals surface area contributed by atoms with Crippen LogP contribution in [0.1, 0.15) is 15.9 Å². The van der Waals surface area contributed by atoms with E-state index in [1.807, 2.05) is 18.2 Å². The summed E-state index contributed by atoms with van der Waals surface area (Å²) in [5.41, 5.74) is 1.13. The second-order valence-electron chi connectivity index (χ2n) is 4.79. The lowest BCUT2D eigenvalue weighted by atomic mass is 10.1. The fourth-order valence-electron chi connectivity index (χ4n) is 2.24. The molecule has 0 atom stereocenters. The van der Waals surface area contributed by atoms with Crippen molar-refractivity contribution in [2.45, 2.75) is 6.92 Å². The van der Waals surface area contributed by atoms with Gasteiger partial charge < -0.3 is 5.32 Å². The highest BCUT2D eigenvalue weighted by Gasteiger charge is 2.14. The summed E-state index contributed by atoms with van der Waals surface area (Å²) in [6.45, 7) is 1.63. The van der Waals surface area contributed by atoms with Gasteiger partial charge in [0, 0.05) is 28.9 Å². The van der Waals surface area contributed by atoms with E-state index in [9.17, 15) is 9.18 Å². The van der Waals surface area contributed by atoms with Crippen LogP contribution in [-0.2, 0) is 0 Å². The van der Waals surface area contributed by atoms with Gasteiger partial charge in [-0.1, -0.05) is 24.3 Å². The molecule has 0 saturated heterocycles. The molecule has 0 unspecified atom stereocenters. The van der Waals surface area contributed by atoms with Crippen molar-refractivity contribution in [3.63, 3.8) is 0 Å². The molecule has 1 heterocycles. The van der Waals surface area contributed by atoms with Crippen LogP contribution >= 0.6 is 0 Å². The van der Waals surface area contributed by atoms with Crippen LogP contribution in [-0.4, -0.2) is 10.9 Å². The molecule has 3 nitrogen and oxygen atoms in total. The van der Waals surface area contributed by atoms with Crippen LogP contribution in [0.25, 0.3) is 10.8 Å². The van der Waals surface area contributed by atoms with Crippen molar-refractivity contribution in [3.05, 3.63) is 71.8 Å². The summed E-state index contributed by atoms with van der Waals surface area (Å²) in [6, 6.07) is 12.1. The molecule has 0 aliphatic heterocycles. The van der Waals surface area contributed by atoms with Gasteiger partial charge in [0.15, 0.2) is 0 Å². The number of pyridine rings is 1. The van der Waals surface area contributed by atoms with Crippen molar-refractivity contribution < 1.29 is 9.18 Å². The minimum atomic E-state index is -0.489. The largest absolute Gasteiger partial charge is 0.321 e. The van der Waals surface area contributed by atoms with Gasteiger partial charge in [0.25, 0.3) is 5.91 Å². The number of nitrogens with one attached hydrogen (secondary N) is 1. The van der Waals surface area contributed by atoms with Crippen molar-refractivity contribution in [1.29, 1.82) is 0 Å². The molecule has 2 aromatic carbocycles. The molecule has 0 saturated carbocycles. The van der Waals surface area contributed by atoms with E-state index in [0.29, 0.717) is 11.3 Å². The standard InChI is InChI=1S/C17H13FN2O/c1-11-4-2-6-14(16(11)18)17(21)20-15-7-3-5-12-10-19-9-8-13(12)15/h2-10H,1H3,(H,20,21). The Morgan fingerprint density at radius 1 is 1.14 bits per heavy atom. The fraction of sp³-hybridized carbons (Fsp3) is 0.0588. The second kappa shape index (κ2) is 5.32. The van der Waals surface area contributed by atoms with Crippen LogP contribution in [0, 0.1) is 12.7 Å². The predicted octanol–water partition coefficient (Wildman–Crippen LogP) is 3.93. The van der Waals surface area contributed by atoms with E-state index in [0.717, 1.165) is 10.8 Å². The number of carbonyl (C=O) groups is 1. The summed E-state index contributed by atoms with van der Waals surface area (Å²) in [7, 11) is 0. The molecule has 0 aliphatic rings. The number of carbonyl (C=O) groups excluding carboxylic acids is 1. The minimum absolute atomic E-state index is 0.0426. The maximum atomic E-state index is 14.0. The lowest BCUT2D eigenvalue weighted by molar-refractivity contribution is 0.102. The van der Waals surface area contributed by atoms with Crippen molar-refractivity contribution in [2.75, 3.05) is 5.32 Å². The molecule has 0 fully saturated rings. The average molecular weight is 280 g/mol. The summed E-state index contributed by atoms with van der Waals surface area (Å²) < 4.78 is 14.0. The Balaban J connectivity index is 1.99. The van der Waals surface area contributed by atoms with Gasteiger partial charge in [-0.3, -0.25) is 9.78 Å². The smallest absolute Gasteiger partial charge is 0.258 e. The number of nitrogens with zero attached hydrogens (tertiary/aromatic N) is 1. The Labute approximate surface area is 121 Å². The van der Waals surface area contributed by atoms with Crippen LogP contribution in [0.3, 0.4) is 0 Å². The summed E-state index contributed by atoms with van der Waals surface area (Å²) in [4.78, 5) is 16.3. The van der Waals surface area contributed by atoms with Gasteiger partial charge in [-0.25, -0.2) is 4.39 Å². The number of halogens is 1. The molecular formula is C17H13FN2O. The number of hydrogen-bond acceptors (Lipinski definition) is 2. The summed E-state index contributed by atoms with van der Waals surface area (Å²) in [5, 5.41) is 4.55. The molecule has 1 N–H and O–H groups in total. The van der Waals surface area contributed by atoms with E-state index < -0.39 is 11.7 Å². The van der Waals surface area contributed by atoms with E-state index in [1.54, 1.807) is 37.5 Å². The molecule has 0 bridgehead atoms. The van der Waals surface area contributed by atoms with E-state index in [-0.39, 0.29) is 5.56 Å². The average Bonchev–Trinajstić information content (AvgIpc) is 2.50. The number of rotatable bonds is 2. The molecule has 21 heavy (non-hydrogen) atoms. The first-order chi connectivity index (χ1) is 10.2. The summed E-state index contributed by atoms with van der Waals surface area (Å²) in [6.07, 6.45) is 3.38. The third-order valence-electron chi connectivity index (χ3n) is 3.37. The van der Waals surface area contributed by atoms with Gasteiger partial charge in [0.05, 0.1) is 5.56 Å². The van der Waals surface area contributed by atoms with Crippen molar-refractivity contribution >= 4 is 22.4 Å². The van der Waals surface area contributed by atoms with E-state index in [4.69, 9.17) is 0 Å². The third-order valence-corrected chi connectivity index (χ3v) is 3.37. The first kappa shape index (κ1) is 13.2. The SMILES string of the molecule is Cc1cccc(C(=O)Nc2cccc3cnccc23)c1F. The molecule has 1 amide bonds. The van der Waals surface area contributed by atoms with Gasteiger partial charge in [-0.2, -0.15) is 0 Å². The fourth-order valence-corrected chi connectivity index (χ4v) is 2.24. The number of amides is 1. The zero-order chi connectivity index (χ0) is 14.8. The topological polar surface area (TPSA) is 42.0 Å². The van der Waals surface area contributed by atoms with Gasteiger partial charge in [0.1, 0.15) is 5.82 Å². The molecule has 104 valence electrons. The Morgan fingerprint density at radius 3 is 2.81 bits per heavy atom. The Kier molecular flexibility index (Phi) is 3.36. The van der Waals surface area contributed by atoms with E-state index in [1.165, 1.54) is 6.07 Å². The van der Waals surface area contributed by atoms with Gasteiger partial charge in [-0.15, -0.1) is 0 Å². The molecule has 0 spiro atoms. The number of aromatic nitrogens is 1. The number of aryl methyl sites for hydroxylation is 1. The van der Waals surface area contributed by atoms with Gasteiger partial charge in [0.2, 0.25) is 0 Å².